The molecule has 3 heteroatoms. The van der Waals surface area contributed by atoms with Gasteiger partial charge in [-0.05, 0) is 18.6 Å². The molecule has 0 spiro atoms. The third-order valence-electron chi connectivity index (χ3n) is 2.33. The van der Waals surface area contributed by atoms with Crippen LogP contribution < -0.4 is 5.73 Å². The number of hydrogen-bond acceptors (Lipinski definition) is 2. The lowest BCUT2D eigenvalue weighted by Gasteiger charge is -1.97. The lowest BCUT2D eigenvalue weighted by molar-refractivity contribution is 1.38. The van der Waals surface area contributed by atoms with Crippen LogP contribution in [0, 0.1) is 18.3 Å². The van der Waals surface area contributed by atoms with E-state index in [-0.39, 0.29) is 0 Å². The summed E-state index contributed by atoms with van der Waals surface area (Å²) in [7, 11) is 0. The molecule has 0 amide bonds. The van der Waals surface area contributed by atoms with E-state index in [1.807, 2.05) is 37.3 Å². The highest BCUT2D eigenvalue weighted by Crippen LogP contribution is 2.22. The van der Waals surface area contributed by atoms with Crippen molar-refractivity contribution in [2.24, 2.45) is 0 Å². The SMILES string of the molecule is Cc1ccc(-c2cc(C#N)c(N)[nH]2)cc1. The molecule has 2 rings (SSSR count). The molecule has 3 N–H and O–H groups in total. The summed E-state index contributed by atoms with van der Waals surface area (Å²) in [5, 5.41) is 8.77. The van der Waals surface area contributed by atoms with Crippen molar-refractivity contribution in [3.63, 3.8) is 0 Å². The Hall–Kier alpha value is -2.21. The van der Waals surface area contributed by atoms with Crippen molar-refractivity contribution in [2.75, 3.05) is 5.73 Å². The molecule has 0 saturated heterocycles. The molecule has 0 aliphatic heterocycles. The van der Waals surface area contributed by atoms with E-state index >= 15 is 0 Å². The van der Waals surface area contributed by atoms with Crippen molar-refractivity contribution in [3.8, 4) is 17.3 Å². The zero-order valence-corrected chi connectivity index (χ0v) is 8.41. The van der Waals surface area contributed by atoms with Crippen molar-refractivity contribution in [2.45, 2.75) is 6.92 Å². The Morgan fingerprint density at radius 2 is 1.93 bits per heavy atom. The minimum absolute atomic E-state index is 0.424. The average molecular weight is 197 g/mol. The van der Waals surface area contributed by atoms with Gasteiger partial charge < -0.3 is 10.7 Å². The Kier molecular flexibility index (Phi) is 2.18. The lowest BCUT2D eigenvalue weighted by Crippen LogP contribution is -1.86. The molecule has 15 heavy (non-hydrogen) atoms. The van der Waals surface area contributed by atoms with Gasteiger partial charge >= 0.3 is 0 Å². The summed E-state index contributed by atoms with van der Waals surface area (Å²) in [5.74, 6) is 0.424. The zero-order chi connectivity index (χ0) is 10.8. The fourth-order valence-corrected chi connectivity index (χ4v) is 1.45. The van der Waals surface area contributed by atoms with E-state index in [2.05, 4.69) is 4.98 Å². The number of H-pyrrole nitrogens is 1. The summed E-state index contributed by atoms with van der Waals surface area (Å²) in [5.41, 5.74) is 9.25. The van der Waals surface area contributed by atoms with Gasteiger partial charge in [-0.2, -0.15) is 5.26 Å². The summed E-state index contributed by atoms with van der Waals surface area (Å²) < 4.78 is 0. The second-order valence-corrected chi connectivity index (χ2v) is 3.49. The van der Waals surface area contributed by atoms with Crippen LogP contribution in [0.1, 0.15) is 11.1 Å². The summed E-state index contributed by atoms with van der Waals surface area (Å²) >= 11 is 0. The number of nitrogen functional groups attached to an aromatic ring is 1. The topological polar surface area (TPSA) is 65.6 Å². The standard InChI is InChI=1S/C12H11N3/c1-8-2-4-9(5-3-8)11-6-10(7-13)12(14)15-11/h2-6,15H,14H2,1H3. The van der Waals surface area contributed by atoms with Crippen LogP contribution in [0.3, 0.4) is 0 Å². The van der Waals surface area contributed by atoms with Gasteiger partial charge in [0, 0.05) is 5.69 Å². The Balaban J connectivity index is 2.46. The Bertz CT molecular complexity index is 515. The highest BCUT2D eigenvalue weighted by Gasteiger charge is 2.05. The van der Waals surface area contributed by atoms with Crippen molar-refractivity contribution in [3.05, 3.63) is 41.5 Å². The minimum Gasteiger partial charge on any atom is -0.384 e. The van der Waals surface area contributed by atoms with Crippen LogP contribution in [0.4, 0.5) is 5.82 Å². The number of aryl methyl sites for hydroxylation is 1. The highest BCUT2D eigenvalue weighted by molar-refractivity contribution is 5.67. The molecule has 2 aromatic rings. The second kappa shape index (κ2) is 3.50. The lowest BCUT2D eigenvalue weighted by atomic mass is 10.1. The third kappa shape index (κ3) is 1.70. The number of nitrogens with two attached hydrogens (primary N) is 1. The number of aromatic nitrogens is 1. The first-order chi connectivity index (χ1) is 7.20. The molecule has 0 unspecified atom stereocenters. The number of rotatable bonds is 1. The fraction of sp³-hybridized carbons (Fsp3) is 0.0833. The molecule has 0 radical (unpaired) electrons. The van der Waals surface area contributed by atoms with Gasteiger partial charge in [0.2, 0.25) is 0 Å². The number of nitrogens with one attached hydrogen (secondary N) is 1. The summed E-state index contributed by atoms with van der Waals surface area (Å²) in [6, 6.07) is 11.9. The molecule has 3 nitrogen and oxygen atoms in total. The molecular formula is C12H11N3. The molecule has 0 aliphatic carbocycles. The van der Waals surface area contributed by atoms with Crippen LogP contribution in [0.15, 0.2) is 30.3 Å². The Labute approximate surface area is 88.2 Å². The van der Waals surface area contributed by atoms with Crippen LogP contribution in [0.5, 0.6) is 0 Å². The van der Waals surface area contributed by atoms with E-state index in [4.69, 9.17) is 11.0 Å². The van der Waals surface area contributed by atoms with Crippen LogP contribution in [-0.2, 0) is 0 Å². The smallest absolute Gasteiger partial charge is 0.119 e. The Morgan fingerprint density at radius 1 is 1.27 bits per heavy atom. The number of nitriles is 1. The number of hydrogen-bond donors (Lipinski definition) is 2. The molecule has 0 atom stereocenters. The van der Waals surface area contributed by atoms with E-state index in [0.717, 1.165) is 11.3 Å². The van der Waals surface area contributed by atoms with Crippen molar-refractivity contribution in [1.29, 1.82) is 5.26 Å². The number of anilines is 1. The largest absolute Gasteiger partial charge is 0.384 e. The molecule has 1 heterocycles. The predicted octanol–water partition coefficient (Wildman–Crippen LogP) is 2.44. The maximum absolute atomic E-state index is 8.77. The van der Waals surface area contributed by atoms with Crippen LogP contribution in [0.2, 0.25) is 0 Å². The summed E-state index contributed by atoms with van der Waals surface area (Å²) in [4.78, 5) is 2.99. The van der Waals surface area contributed by atoms with Gasteiger partial charge in [-0.25, -0.2) is 0 Å². The van der Waals surface area contributed by atoms with Crippen LogP contribution in [0.25, 0.3) is 11.3 Å². The van der Waals surface area contributed by atoms with E-state index in [0.29, 0.717) is 11.4 Å². The average Bonchev–Trinajstić information content (AvgIpc) is 2.61. The number of aromatic amines is 1. The zero-order valence-electron chi connectivity index (χ0n) is 8.41. The van der Waals surface area contributed by atoms with Gasteiger partial charge in [-0.3, -0.25) is 0 Å². The van der Waals surface area contributed by atoms with E-state index < -0.39 is 0 Å². The fourth-order valence-electron chi connectivity index (χ4n) is 1.45. The number of nitrogens with zero attached hydrogens (tertiary/aromatic N) is 1. The predicted molar refractivity (Wildman–Crippen MR) is 60.1 cm³/mol. The maximum atomic E-state index is 8.77. The molecule has 0 fully saturated rings. The maximum Gasteiger partial charge on any atom is 0.119 e. The molecule has 74 valence electrons. The normalized spacial score (nSPS) is 9.87. The van der Waals surface area contributed by atoms with Gasteiger partial charge in [-0.15, -0.1) is 0 Å². The Morgan fingerprint density at radius 3 is 2.47 bits per heavy atom. The second-order valence-electron chi connectivity index (χ2n) is 3.49. The van der Waals surface area contributed by atoms with E-state index in [1.165, 1.54) is 5.56 Å². The first-order valence-corrected chi connectivity index (χ1v) is 4.66. The molecule has 0 saturated carbocycles. The summed E-state index contributed by atoms with van der Waals surface area (Å²) in [6.07, 6.45) is 0. The van der Waals surface area contributed by atoms with Crippen molar-refractivity contribution in [1.82, 2.24) is 4.98 Å². The quantitative estimate of drug-likeness (QED) is 0.737. The van der Waals surface area contributed by atoms with Gasteiger partial charge in [0.05, 0.1) is 5.56 Å². The molecular weight excluding hydrogens is 186 g/mol. The van der Waals surface area contributed by atoms with Crippen LogP contribution in [-0.4, -0.2) is 4.98 Å². The van der Waals surface area contributed by atoms with Crippen molar-refractivity contribution >= 4 is 5.82 Å². The molecule has 0 bridgehead atoms. The minimum atomic E-state index is 0.424. The van der Waals surface area contributed by atoms with Gasteiger partial charge in [0.1, 0.15) is 11.9 Å². The van der Waals surface area contributed by atoms with Crippen LogP contribution >= 0.6 is 0 Å². The van der Waals surface area contributed by atoms with Gasteiger partial charge in [-0.1, -0.05) is 29.8 Å². The van der Waals surface area contributed by atoms with Crippen molar-refractivity contribution < 1.29 is 0 Å². The molecule has 1 aromatic heterocycles. The third-order valence-corrected chi connectivity index (χ3v) is 2.33. The first kappa shape index (κ1) is 9.35. The molecule has 0 aliphatic rings. The highest BCUT2D eigenvalue weighted by atomic mass is 14.9. The van der Waals surface area contributed by atoms with E-state index in [1.54, 1.807) is 6.07 Å². The van der Waals surface area contributed by atoms with Gasteiger partial charge in [0.15, 0.2) is 0 Å². The summed E-state index contributed by atoms with van der Waals surface area (Å²) in [6.45, 7) is 2.04. The monoisotopic (exact) mass is 197 g/mol. The number of benzene rings is 1. The molecule has 1 aromatic carbocycles. The van der Waals surface area contributed by atoms with Gasteiger partial charge in [0.25, 0.3) is 0 Å². The van der Waals surface area contributed by atoms with E-state index in [9.17, 15) is 0 Å². The first-order valence-electron chi connectivity index (χ1n) is 4.66.